The minimum atomic E-state index is -0.230. The lowest BCUT2D eigenvalue weighted by molar-refractivity contribution is 0.100. The molecule has 1 heterocycles. The summed E-state index contributed by atoms with van der Waals surface area (Å²) in [5.74, 6) is -0.230. The predicted molar refractivity (Wildman–Crippen MR) is 79.0 cm³/mol. The van der Waals surface area contributed by atoms with Crippen LogP contribution in [0.4, 0.5) is 0 Å². The van der Waals surface area contributed by atoms with Gasteiger partial charge in [0.15, 0.2) is 5.17 Å². The molecule has 5 heteroatoms. The SMILES string of the molecule is CCC1=C[N]C(=NC(=O)c2ccccc2I)S1. The number of carbonyl (C=O) groups is 1. The maximum absolute atomic E-state index is 11.9. The van der Waals surface area contributed by atoms with Crippen LogP contribution >= 0.6 is 34.4 Å². The largest absolute Gasteiger partial charge is 0.280 e. The number of allylic oxidation sites excluding steroid dienone is 1. The molecule has 0 saturated heterocycles. The fourth-order valence-corrected chi connectivity index (χ4v) is 2.63. The third kappa shape index (κ3) is 3.10. The lowest BCUT2D eigenvalue weighted by atomic mass is 10.2. The van der Waals surface area contributed by atoms with Gasteiger partial charge in [-0.2, -0.15) is 4.99 Å². The quantitative estimate of drug-likeness (QED) is 0.762. The van der Waals surface area contributed by atoms with E-state index in [-0.39, 0.29) is 5.91 Å². The Balaban J connectivity index is 2.14. The van der Waals surface area contributed by atoms with E-state index < -0.39 is 0 Å². The van der Waals surface area contributed by atoms with Crippen LogP contribution in [0.2, 0.25) is 0 Å². The van der Waals surface area contributed by atoms with Crippen LogP contribution in [0.1, 0.15) is 23.7 Å². The number of thioether (sulfide) groups is 1. The van der Waals surface area contributed by atoms with E-state index in [1.54, 1.807) is 12.3 Å². The maximum atomic E-state index is 11.9. The Bertz CT molecular complexity index is 511. The maximum Gasteiger partial charge on any atom is 0.280 e. The van der Waals surface area contributed by atoms with Crippen LogP contribution in [0.25, 0.3) is 0 Å². The van der Waals surface area contributed by atoms with Gasteiger partial charge in [-0.1, -0.05) is 30.8 Å². The molecule has 0 aromatic heterocycles. The molecule has 3 nitrogen and oxygen atoms in total. The van der Waals surface area contributed by atoms with Crippen molar-refractivity contribution in [2.75, 3.05) is 0 Å². The Morgan fingerprint density at radius 1 is 1.47 bits per heavy atom. The molecule has 0 spiro atoms. The van der Waals surface area contributed by atoms with Crippen molar-refractivity contribution in [1.82, 2.24) is 5.32 Å². The number of hydrogen-bond acceptors (Lipinski definition) is 2. The molecule has 0 saturated carbocycles. The van der Waals surface area contributed by atoms with Crippen LogP contribution in [0.15, 0.2) is 40.4 Å². The summed E-state index contributed by atoms with van der Waals surface area (Å²) in [4.78, 5) is 17.1. The normalized spacial score (nSPS) is 16.8. The number of carbonyl (C=O) groups excluding carboxylic acids is 1. The topological polar surface area (TPSA) is 43.5 Å². The van der Waals surface area contributed by atoms with Crippen LogP contribution in [0.3, 0.4) is 0 Å². The fourth-order valence-electron chi connectivity index (χ4n) is 1.29. The van der Waals surface area contributed by atoms with E-state index >= 15 is 0 Å². The molecule has 0 bridgehead atoms. The first-order valence-corrected chi connectivity index (χ1v) is 7.05. The zero-order chi connectivity index (χ0) is 12.3. The Morgan fingerprint density at radius 2 is 2.24 bits per heavy atom. The van der Waals surface area contributed by atoms with E-state index in [9.17, 15) is 4.79 Å². The summed E-state index contributed by atoms with van der Waals surface area (Å²) in [5, 5.41) is 4.64. The molecule has 1 radical (unpaired) electrons. The molecule has 0 N–H and O–H groups in total. The van der Waals surface area contributed by atoms with Gasteiger partial charge < -0.3 is 0 Å². The first-order chi connectivity index (χ1) is 8.20. The molecule has 0 aliphatic carbocycles. The second-order valence-electron chi connectivity index (χ2n) is 3.36. The average Bonchev–Trinajstić information content (AvgIpc) is 2.77. The highest BCUT2D eigenvalue weighted by Gasteiger charge is 2.15. The lowest BCUT2D eigenvalue weighted by Crippen LogP contribution is -2.06. The monoisotopic (exact) mass is 357 g/mol. The Kier molecular flexibility index (Phi) is 4.22. The number of rotatable bonds is 2. The van der Waals surface area contributed by atoms with Gasteiger partial charge in [-0.25, -0.2) is 5.32 Å². The standard InChI is InChI=1S/C12H10IN2OS/c1-2-8-7-14-12(17-8)15-11(16)9-5-3-4-6-10(9)13/h3-7H,2H2,1H3. The smallest absolute Gasteiger partial charge is 0.267 e. The van der Waals surface area contributed by atoms with Crippen molar-refractivity contribution < 1.29 is 4.79 Å². The average molecular weight is 357 g/mol. The molecule has 1 aromatic rings. The number of nitrogens with zero attached hydrogens (tertiary/aromatic N) is 2. The van der Waals surface area contributed by atoms with E-state index in [1.165, 1.54) is 11.8 Å². The van der Waals surface area contributed by atoms with Crippen molar-refractivity contribution in [3.05, 3.63) is 44.5 Å². The highest BCUT2D eigenvalue weighted by atomic mass is 127. The van der Waals surface area contributed by atoms with Crippen molar-refractivity contribution in [2.24, 2.45) is 4.99 Å². The highest BCUT2D eigenvalue weighted by molar-refractivity contribution is 14.1. The van der Waals surface area contributed by atoms with Gasteiger partial charge in [0.1, 0.15) is 0 Å². The highest BCUT2D eigenvalue weighted by Crippen LogP contribution is 2.25. The third-order valence-electron chi connectivity index (χ3n) is 2.19. The van der Waals surface area contributed by atoms with Gasteiger partial charge in [-0.15, -0.1) is 0 Å². The van der Waals surface area contributed by atoms with E-state index in [0.29, 0.717) is 10.7 Å². The Morgan fingerprint density at radius 3 is 2.88 bits per heavy atom. The number of aliphatic imine (C=N–C) groups is 1. The molecule has 1 amide bonds. The molecule has 1 aliphatic heterocycles. The number of hydrogen-bond donors (Lipinski definition) is 0. The molecule has 0 atom stereocenters. The van der Waals surface area contributed by atoms with Gasteiger partial charge in [0.2, 0.25) is 0 Å². The summed E-state index contributed by atoms with van der Waals surface area (Å²) in [7, 11) is 0. The van der Waals surface area contributed by atoms with E-state index in [2.05, 4.69) is 39.8 Å². The summed E-state index contributed by atoms with van der Waals surface area (Å²) in [6.45, 7) is 2.05. The molecule has 87 valence electrons. The van der Waals surface area contributed by atoms with Crippen molar-refractivity contribution in [3.63, 3.8) is 0 Å². The minimum Gasteiger partial charge on any atom is -0.267 e. The number of benzene rings is 1. The van der Waals surface area contributed by atoms with Gasteiger partial charge in [-0.05, 0) is 41.1 Å². The van der Waals surface area contributed by atoms with Gasteiger partial charge in [0.25, 0.3) is 5.91 Å². The van der Waals surface area contributed by atoms with E-state index in [1.807, 2.05) is 18.2 Å². The zero-order valence-electron chi connectivity index (χ0n) is 9.18. The van der Waals surface area contributed by atoms with Crippen LogP contribution in [0.5, 0.6) is 0 Å². The summed E-state index contributed by atoms with van der Waals surface area (Å²) < 4.78 is 0.908. The van der Waals surface area contributed by atoms with Gasteiger partial charge in [0.05, 0.1) is 5.56 Å². The summed E-state index contributed by atoms with van der Waals surface area (Å²) >= 11 is 3.59. The second kappa shape index (κ2) is 5.68. The minimum absolute atomic E-state index is 0.230. The lowest BCUT2D eigenvalue weighted by Gasteiger charge is -1.99. The molecule has 0 unspecified atom stereocenters. The van der Waals surface area contributed by atoms with Crippen LogP contribution in [0, 0.1) is 3.57 Å². The van der Waals surface area contributed by atoms with Gasteiger partial charge >= 0.3 is 0 Å². The summed E-state index contributed by atoms with van der Waals surface area (Å²) in [5.41, 5.74) is 0.626. The van der Waals surface area contributed by atoms with Crippen LogP contribution in [-0.4, -0.2) is 11.1 Å². The first-order valence-electron chi connectivity index (χ1n) is 5.16. The Hall–Kier alpha value is -0.820. The van der Waals surface area contributed by atoms with E-state index in [0.717, 1.165) is 14.9 Å². The fraction of sp³-hybridized carbons (Fsp3) is 0.167. The molecule has 17 heavy (non-hydrogen) atoms. The molecule has 0 fully saturated rings. The van der Waals surface area contributed by atoms with Crippen molar-refractivity contribution in [3.8, 4) is 0 Å². The summed E-state index contributed by atoms with van der Waals surface area (Å²) in [6, 6.07) is 7.41. The number of amidine groups is 1. The molecule has 1 aliphatic rings. The van der Waals surface area contributed by atoms with E-state index in [4.69, 9.17) is 0 Å². The Labute approximate surface area is 118 Å². The predicted octanol–water partition coefficient (Wildman–Crippen LogP) is 3.39. The third-order valence-corrected chi connectivity index (χ3v) is 4.17. The van der Waals surface area contributed by atoms with Crippen molar-refractivity contribution >= 4 is 45.4 Å². The van der Waals surface area contributed by atoms with Crippen molar-refractivity contribution in [1.29, 1.82) is 0 Å². The van der Waals surface area contributed by atoms with Crippen LogP contribution < -0.4 is 5.32 Å². The molecule has 1 aromatic carbocycles. The first kappa shape index (κ1) is 12.6. The number of halogens is 1. The van der Waals surface area contributed by atoms with Gasteiger partial charge in [0, 0.05) is 14.7 Å². The molecular formula is C12H10IN2OS. The van der Waals surface area contributed by atoms with Crippen LogP contribution in [-0.2, 0) is 0 Å². The van der Waals surface area contributed by atoms with Crippen molar-refractivity contribution in [2.45, 2.75) is 13.3 Å². The second-order valence-corrected chi connectivity index (χ2v) is 5.62. The number of amides is 1. The zero-order valence-corrected chi connectivity index (χ0v) is 12.2. The molecular weight excluding hydrogens is 347 g/mol. The van der Waals surface area contributed by atoms with Gasteiger partial charge in [-0.3, -0.25) is 4.79 Å². The molecule has 2 rings (SSSR count). The summed E-state index contributed by atoms with van der Waals surface area (Å²) in [6.07, 6.45) is 2.69.